The van der Waals surface area contributed by atoms with Gasteiger partial charge in [-0.15, -0.1) is 0 Å². The molecule has 4 nitrogen and oxygen atoms in total. The summed E-state index contributed by atoms with van der Waals surface area (Å²) >= 11 is 0. The van der Waals surface area contributed by atoms with Gasteiger partial charge in [0.1, 0.15) is 0 Å². The summed E-state index contributed by atoms with van der Waals surface area (Å²) in [6, 6.07) is 8.39. The summed E-state index contributed by atoms with van der Waals surface area (Å²) in [6.07, 6.45) is 1.02. The number of benzene rings is 1. The number of amides is 1. The third kappa shape index (κ3) is 3.68. The first kappa shape index (κ1) is 17.0. The van der Waals surface area contributed by atoms with E-state index in [4.69, 9.17) is 5.11 Å². The van der Waals surface area contributed by atoms with Gasteiger partial charge < -0.3 is 10.0 Å². The van der Waals surface area contributed by atoms with Crippen molar-refractivity contribution in [2.24, 2.45) is 0 Å². The van der Waals surface area contributed by atoms with E-state index >= 15 is 0 Å². The lowest BCUT2D eigenvalue weighted by Crippen LogP contribution is -2.53. The van der Waals surface area contributed by atoms with Crippen molar-refractivity contribution in [3.8, 4) is 0 Å². The van der Waals surface area contributed by atoms with E-state index in [1.165, 1.54) is 5.56 Å². The molecule has 0 spiro atoms. The average Bonchev–Trinajstić information content (AvgIpc) is 2.55. The van der Waals surface area contributed by atoms with Crippen LogP contribution in [0.25, 0.3) is 0 Å². The first-order valence-electron chi connectivity index (χ1n) is 8.21. The number of aryl methyl sites for hydroxylation is 1. The molecule has 1 amide bonds. The number of hydrogen-bond acceptors (Lipinski definition) is 3. The summed E-state index contributed by atoms with van der Waals surface area (Å²) in [5.41, 5.74) is 1.88. The monoisotopic (exact) mass is 304 g/mol. The fraction of sp³-hybridized carbons (Fsp3) is 0.611. The van der Waals surface area contributed by atoms with Crippen LogP contribution in [0.2, 0.25) is 0 Å². The van der Waals surface area contributed by atoms with Crippen LogP contribution in [0.1, 0.15) is 31.9 Å². The van der Waals surface area contributed by atoms with E-state index in [-0.39, 0.29) is 12.5 Å². The standard InChI is InChI=1S/C18H28N2O2/c1-4-15-5-7-16(8-6-15)18(2,3)17(22)20-11-9-19(10-12-20)13-14-21/h5-8,21H,4,9-14H2,1-3H3. The molecule has 0 radical (unpaired) electrons. The van der Waals surface area contributed by atoms with Gasteiger partial charge in [-0.05, 0) is 31.4 Å². The number of piperazine rings is 1. The number of carbonyl (C=O) groups is 1. The smallest absolute Gasteiger partial charge is 0.232 e. The Morgan fingerprint density at radius 2 is 1.73 bits per heavy atom. The van der Waals surface area contributed by atoms with Crippen molar-refractivity contribution >= 4 is 5.91 Å². The van der Waals surface area contributed by atoms with Gasteiger partial charge in [-0.3, -0.25) is 9.69 Å². The summed E-state index contributed by atoms with van der Waals surface area (Å²) in [6.45, 7) is 10.2. The lowest BCUT2D eigenvalue weighted by molar-refractivity contribution is -0.138. The van der Waals surface area contributed by atoms with Crippen molar-refractivity contribution in [2.45, 2.75) is 32.6 Å². The first-order chi connectivity index (χ1) is 10.5. The maximum Gasteiger partial charge on any atom is 0.232 e. The lowest BCUT2D eigenvalue weighted by atomic mass is 9.82. The second-order valence-electron chi connectivity index (χ2n) is 6.53. The van der Waals surface area contributed by atoms with Gasteiger partial charge in [-0.25, -0.2) is 0 Å². The number of hydrogen-bond donors (Lipinski definition) is 1. The first-order valence-corrected chi connectivity index (χ1v) is 8.21. The molecule has 2 rings (SSSR count). The molecule has 1 aliphatic heterocycles. The third-order valence-electron chi connectivity index (χ3n) is 4.69. The second kappa shape index (κ2) is 7.25. The number of carbonyl (C=O) groups excluding carboxylic acids is 1. The van der Waals surface area contributed by atoms with Crippen LogP contribution in [0.3, 0.4) is 0 Å². The number of aliphatic hydroxyl groups is 1. The highest BCUT2D eigenvalue weighted by atomic mass is 16.3. The predicted molar refractivity (Wildman–Crippen MR) is 89.0 cm³/mol. The van der Waals surface area contributed by atoms with Crippen molar-refractivity contribution in [3.63, 3.8) is 0 Å². The molecular weight excluding hydrogens is 276 g/mol. The van der Waals surface area contributed by atoms with Crippen molar-refractivity contribution in [1.29, 1.82) is 0 Å². The molecule has 1 N–H and O–H groups in total. The average molecular weight is 304 g/mol. The minimum absolute atomic E-state index is 0.184. The van der Waals surface area contributed by atoms with E-state index in [0.717, 1.165) is 38.2 Å². The molecule has 1 fully saturated rings. The Morgan fingerprint density at radius 3 is 2.23 bits per heavy atom. The lowest BCUT2D eigenvalue weighted by Gasteiger charge is -2.38. The Kier molecular flexibility index (Phi) is 5.59. The molecule has 1 aliphatic rings. The normalized spacial score (nSPS) is 16.8. The molecule has 0 atom stereocenters. The highest BCUT2D eigenvalue weighted by molar-refractivity contribution is 5.87. The SMILES string of the molecule is CCc1ccc(C(C)(C)C(=O)N2CCN(CCO)CC2)cc1. The van der Waals surface area contributed by atoms with Gasteiger partial charge in [0.05, 0.1) is 12.0 Å². The quantitative estimate of drug-likeness (QED) is 0.900. The van der Waals surface area contributed by atoms with E-state index in [2.05, 4.69) is 36.1 Å². The van der Waals surface area contributed by atoms with Crippen molar-refractivity contribution in [3.05, 3.63) is 35.4 Å². The summed E-state index contributed by atoms with van der Waals surface area (Å²) in [5, 5.41) is 8.99. The third-order valence-corrected chi connectivity index (χ3v) is 4.69. The maximum absolute atomic E-state index is 12.9. The summed E-state index contributed by atoms with van der Waals surface area (Å²) in [5.74, 6) is 0.195. The molecule has 122 valence electrons. The van der Waals surface area contributed by atoms with Crippen LogP contribution in [0.4, 0.5) is 0 Å². The van der Waals surface area contributed by atoms with E-state index in [1.807, 2.05) is 18.7 Å². The van der Waals surface area contributed by atoms with Crippen molar-refractivity contribution in [1.82, 2.24) is 9.80 Å². The summed E-state index contributed by atoms with van der Waals surface area (Å²) < 4.78 is 0. The van der Waals surface area contributed by atoms with Gasteiger partial charge in [-0.2, -0.15) is 0 Å². The molecule has 4 heteroatoms. The van der Waals surface area contributed by atoms with Crippen LogP contribution in [0, 0.1) is 0 Å². The molecule has 0 saturated carbocycles. The number of nitrogens with zero attached hydrogens (tertiary/aromatic N) is 2. The Morgan fingerprint density at radius 1 is 1.14 bits per heavy atom. The zero-order valence-electron chi connectivity index (χ0n) is 14.0. The minimum atomic E-state index is -0.495. The Balaban J connectivity index is 2.03. The summed E-state index contributed by atoms with van der Waals surface area (Å²) in [4.78, 5) is 17.1. The van der Waals surface area contributed by atoms with E-state index in [9.17, 15) is 4.79 Å². The molecule has 0 aromatic heterocycles. The van der Waals surface area contributed by atoms with E-state index in [0.29, 0.717) is 6.54 Å². The van der Waals surface area contributed by atoms with Gasteiger partial charge in [0.2, 0.25) is 5.91 Å². The molecule has 0 bridgehead atoms. The number of rotatable bonds is 5. The molecule has 22 heavy (non-hydrogen) atoms. The fourth-order valence-electron chi connectivity index (χ4n) is 2.99. The van der Waals surface area contributed by atoms with Crippen LogP contribution in [0.15, 0.2) is 24.3 Å². The predicted octanol–water partition coefficient (Wildman–Crippen LogP) is 1.66. The Labute approximate surface area is 133 Å². The zero-order valence-corrected chi connectivity index (χ0v) is 14.0. The van der Waals surface area contributed by atoms with E-state index in [1.54, 1.807) is 0 Å². The molecular formula is C18H28N2O2. The van der Waals surface area contributed by atoms with Gasteiger partial charge in [-0.1, -0.05) is 31.2 Å². The van der Waals surface area contributed by atoms with Crippen LogP contribution < -0.4 is 0 Å². The largest absolute Gasteiger partial charge is 0.395 e. The Hall–Kier alpha value is -1.39. The maximum atomic E-state index is 12.9. The van der Waals surface area contributed by atoms with Crippen molar-refractivity contribution < 1.29 is 9.90 Å². The number of β-amino-alcohol motifs (C(OH)–C–C–N with tert-alkyl or cyclic N) is 1. The second-order valence-corrected chi connectivity index (χ2v) is 6.53. The van der Waals surface area contributed by atoms with E-state index < -0.39 is 5.41 Å². The molecule has 1 heterocycles. The summed E-state index contributed by atoms with van der Waals surface area (Å²) in [7, 11) is 0. The Bertz CT molecular complexity index is 488. The molecule has 0 unspecified atom stereocenters. The van der Waals surface area contributed by atoms with Gasteiger partial charge in [0.15, 0.2) is 0 Å². The zero-order chi connectivity index (χ0) is 16.2. The minimum Gasteiger partial charge on any atom is -0.395 e. The molecule has 1 saturated heterocycles. The molecule has 1 aromatic rings. The van der Waals surface area contributed by atoms with Crippen LogP contribution in [0.5, 0.6) is 0 Å². The fourth-order valence-corrected chi connectivity index (χ4v) is 2.99. The highest BCUT2D eigenvalue weighted by Gasteiger charge is 2.34. The van der Waals surface area contributed by atoms with Crippen LogP contribution in [-0.2, 0) is 16.6 Å². The van der Waals surface area contributed by atoms with Crippen molar-refractivity contribution in [2.75, 3.05) is 39.3 Å². The van der Waals surface area contributed by atoms with Gasteiger partial charge >= 0.3 is 0 Å². The molecule has 1 aromatic carbocycles. The highest BCUT2D eigenvalue weighted by Crippen LogP contribution is 2.26. The van der Waals surface area contributed by atoms with Gasteiger partial charge in [0, 0.05) is 32.7 Å². The molecule has 0 aliphatic carbocycles. The van der Waals surface area contributed by atoms with Gasteiger partial charge in [0.25, 0.3) is 0 Å². The van der Waals surface area contributed by atoms with Crippen LogP contribution >= 0.6 is 0 Å². The topological polar surface area (TPSA) is 43.8 Å². The van der Waals surface area contributed by atoms with Crippen LogP contribution in [-0.4, -0.2) is 60.1 Å². The number of aliphatic hydroxyl groups excluding tert-OH is 1.